The molecule has 4 aromatic rings. The van der Waals surface area contributed by atoms with Gasteiger partial charge in [0.25, 0.3) is 5.91 Å². The van der Waals surface area contributed by atoms with Crippen molar-refractivity contribution in [3.8, 4) is 11.5 Å². The number of hydrogen-bond donors (Lipinski definition) is 0. The number of methoxy groups -OCH3 is 2. The fraction of sp³-hybridized carbons (Fsp3) is 0.130. The minimum absolute atomic E-state index is 0.165. The van der Waals surface area contributed by atoms with E-state index >= 15 is 0 Å². The Labute approximate surface area is 168 Å². The predicted molar refractivity (Wildman–Crippen MR) is 112 cm³/mol. The molecule has 29 heavy (non-hydrogen) atoms. The van der Waals surface area contributed by atoms with Crippen molar-refractivity contribution in [2.24, 2.45) is 0 Å². The number of pyridine rings is 1. The number of benzene rings is 2. The van der Waals surface area contributed by atoms with E-state index in [0.717, 1.165) is 17.0 Å². The highest BCUT2D eigenvalue weighted by Gasteiger charge is 2.23. The Morgan fingerprint density at radius 1 is 1.00 bits per heavy atom. The number of amides is 1. The maximum Gasteiger partial charge on any atom is 0.262 e. The topological polar surface area (TPSA) is 56.1 Å². The first-order valence-corrected chi connectivity index (χ1v) is 9.21. The largest absolute Gasteiger partial charge is 0.497 e. The Bertz CT molecular complexity index is 1140. The number of nitrogens with zero attached hydrogens (tertiary/aromatic N) is 3. The molecule has 0 aliphatic carbocycles. The van der Waals surface area contributed by atoms with Crippen molar-refractivity contribution >= 4 is 17.2 Å². The van der Waals surface area contributed by atoms with Gasteiger partial charge in [0.2, 0.25) is 0 Å². The van der Waals surface area contributed by atoms with Crippen molar-refractivity contribution in [2.45, 2.75) is 6.54 Å². The molecular formula is C23H21N3O3. The normalized spacial score (nSPS) is 10.7. The average molecular weight is 387 g/mol. The fourth-order valence-electron chi connectivity index (χ4n) is 3.27. The highest BCUT2D eigenvalue weighted by molar-refractivity contribution is 6.08. The van der Waals surface area contributed by atoms with Crippen LogP contribution in [0.1, 0.15) is 16.1 Å². The van der Waals surface area contributed by atoms with Gasteiger partial charge in [0, 0.05) is 18.0 Å². The van der Waals surface area contributed by atoms with E-state index in [2.05, 4.69) is 4.98 Å². The molecule has 0 bridgehead atoms. The maximum absolute atomic E-state index is 13.6. The lowest BCUT2D eigenvalue weighted by Gasteiger charge is -2.24. The lowest BCUT2D eigenvalue weighted by Crippen LogP contribution is -2.31. The van der Waals surface area contributed by atoms with Crippen molar-refractivity contribution < 1.29 is 14.3 Å². The van der Waals surface area contributed by atoms with E-state index in [9.17, 15) is 4.79 Å². The molecule has 0 N–H and O–H groups in total. The molecular weight excluding hydrogens is 366 g/mol. The molecule has 0 unspecified atom stereocenters. The zero-order valence-corrected chi connectivity index (χ0v) is 16.3. The SMILES string of the molecule is COc1ccc(C(=O)N(Cc2cnc3ccccn23)c2ccccc2)c(OC)c1. The second-order valence-electron chi connectivity index (χ2n) is 6.47. The van der Waals surface area contributed by atoms with Crippen molar-refractivity contribution in [3.05, 3.63) is 90.4 Å². The summed E-state index contributed by atoms with van der Waals surface area (Å²) in [7, 11) is 3.13. The second-order valence-corrected chi connectivity index (χ2v) is 6.47. The monoisotopic (exact) mass is 387 g/mol. The summed E-state index contributed by atoms with van der Waals surface area (Å²) in [6, 6.07) is 20.6. The first-order valence-electron chi connectivity index (χ1n) is 9.21. The number of fused-ring (bicyclic) bond motifs is 1. The van der Waals surface area contributed by atoms with Crippen LogP contribution in [0, 0.1) is 0 Å². The van der Waals surface area contributed by atoms with Crippen LogP contribution in [0.5, 0.6) is 11.5 Å². The maximum atomic E-state index is 13.6. The third kappa shape index (κ3) is 3.65. The molecule has 0 saturated heterocycles. The van der Waals surface area contributed by atoms with Crippen LogP contribution in [0.15, 0.2) is 79.1 Å². The lowest BCUT2D eigenvalue weighted by molar-refractivity contribution is 0.0981. The van der Waals surface area contributed by atoms with Crippen LogP contribution in [0.25, 0.3) is 5.65 Å². The van der Waals surface area contributed by atoms with Crippen LogP contribution in [-0.4, -0.2) is 29.5 Å². The molecule has 6 nitrogen and oxygen atoms in total. The van der Waals surface area contributed by atoms with E-state index in [4.69, 9.17) is 9.47 Å². The molecule has 2 heterocycles. The smallest absolute Gasteiger partial charge is 0.262 e. The first-order chi connectivity index (χ1) is 14.2. The number of hydrogen-bond acceptors (Lipinski definition) is 4. The molecule has 0 saturated carbocycles. The molecule has 6 heteroatoms. The summed E-state index contributed by atoms with van der Waals surface area (Å²) < 4.78 is 12.7. The molecule has 146 valence electrons. The number of para-hydroxylation sites is 1. The first kappa shape index (κ1) is 18.6. The van der Waals surface area contributed by atoms with Gasteiger partial charge in [0.05, 0.1) is 38.2 Å². The number of carbonyl (C=O) groups is 1. The van der Waals surface area contributed by atoms with Gasteiger partial charge in [0.1, 0.15) is 17.1 Å². The molecule has 0 spiro atoms. The van der Waals surface area contributed by atoms with Crippen LogP contribution in [0.3, 0.4) is 0 Å². The summed E-state index contributed by atoms with van der Waals surface area (Å²) >= 11 is 0. The summed E-state index contributed by atoms with van der Waals surface area (Å²) in [6.45, 7) is 0.364. The van der Waals surface area contributed by atoms with Gasteiger partial charge < -0.3 is 18.8 Å². The second kappa shape index (κ2) is 8.06. The fourth-order valence-corrected chi connectivity index (χ4v) is 3.27. The van der Waals surface area contributed by atoms with Crippen LogP contribution in [0.4, 0.5) is 5.69 Å². The van der Waals surface area contributed by atoms with Crippen molar-refractivity contribution in [1.82, 2.24) is 9.38 Å². The number of imidazole rings is 1. The summed E-state index contributed by atoms with van der Waals surface area (Å²) in [5.74, 6) is 0.932. The highest BCUT2D eigenvalue weighted by atomic mass is 16.5. The number of anilines is 1. The lowest BCUT2D eigenvalue weighted by atomic mass is 10.1. The molecule has 2 aromatic heterocycles. The van der Waals surface area contributed by atoms with E-state index in [1.54, 1.807) is 43.5 Å². The molecule has 4 rings (SSSR count). The average Bonchev–Trinajstić information content (AvgIpc) is 3.20. The third-order valence-electron chi connectivity index (χ3n) is 4.77. The zero-order chi connectivity index (χ0) is 20.2. The Morgan fingerprint density at radius 3 is 2.55 bits per heavy atom. The van der Waals surface area contributed by atoms with Crippen LogP contribution in [-0.2, 0) is 6.54 Å². The zero-order valence-electron chi connectivity index (χ0n) is 16.3. The molecule has 0 aliphatic heterocycles. The minimum atomic E-state index is -0.165. The van der Waals surface area contributed by atoms with Gasteiger partial charge in [-0.15, -0.1) is 0 Å². The molecule has 2 aromatic carbocycles. The van der Waals surface area contributed by atoms with Crippen LogP contribution in [0.2, 0.25) is 0 Å². The third-order valence-corrected chi connectivity index (χ3v) is 4.77. The van der Waals surface area contributed by atoms with Gasteiger partial charge in [-0.2, -0.15) is 0 Å². The summed E-state index contributed by atoms with van der Waals surface area (Å²) in [5, 5.41) is 0. The van der Waals surface area contributed by atoms with Gasteiger partial charge >= 0.3 is 0 Å². The van der Waals surface area contributed by atoms with Gasteiger partial charge in [-0.1, -0.05) is 24.3 Å². The van der Waals surface area contributed by atoms with Crippen molar-refractivity contribution in [2.75, 3.05) is 19.1 Å². The Kier molecular flexibility index (Phi) is 5.16. The predicted octanol–water partition coefficient (Wildman–Crippen LogP) is 4.20. The van der Waals surface area contributed by atoms with Crippen LogP contribution >= 0.6 is 0 Å². The standard InChI is InChI=1S/C23H21N3O3/c1-28-19-11-12-20(21(14-19)29-2)23(27)26(17-8-4-3-5-9-17)16-18-15-24-22-10-6-7-13-25(18)22/h3-15H,16H2,1-2H3. The van der Waals surface area contributed by atoms with E-state index in [-0.39, 0.29) is 5.91 Å². The number of rotatable bonds is 6. The number of ether oxygens (including phenoxy) is 2. The van der Waals surface area contributed by atoms with Gasteiger partial charge in [-0.25, -0.2) is 4.98 Å². The molecule has 1 amide bonds. The van der Waals surface area contributed by atoms with Crippen molar-refractivity contribution in [1.29, 1.82) is 0 Å². The Balaban J connectivity index is 1.76. The Hall–Kier alpha value is -3.80. The Morgan fingerprint density at radius 2 is 1.79 bits per heavy atom. The summed E-state index contributed by atoms with van der Waals surface area (Å²) in [5.41, 5.74) is 3.00. The van der Waals surface area contributed by atoms with Gasteiger partial charge in [-0.3, -0.25) is 4.79 Å². The van der Waals surface area contributed by atoms with Gasteiger partial charge in [-0.05, 0) is 36.4 Å². The van der Waals surface area contributed by atoms with E-state index in [1.165, 1.54) is 0 Å². The molecule has 0 aliphatic rings. The van der Waals surface area contributed by atoms with E-state index < -0.39 is 0 Å². The summed E-state index contributed by atoms with van der Waals surface area (Å²) in [6.07, 6.45) is 3.74. The summed E-state index contributed by atoms with van der Waals surface area (Å²) in [4.78, 5) is 19.7. The molecule has 0 radical (unpaired) electrons. The van der Waals surface area contributed by atoms with E-state index in [1.807, 2.05) is 59.1 Å². The highest BCUT2D eigenvalue weighted by Crippen LogP contribution is 2.28. The minimum Gasteiger partial charge on any atom is -0.497 e. The van der Waals surface area contributed by atoms with Gasteiger partial charge in [0.15, 0.2) is 0 Å². The quantitative estimate of drug-likeness (QED) is 0.498. The molecule has 0 fully saturated rings. The molecule has 0 atom stereocenters. The number of carbonyl (C=O) groups excluding carboxylic acids is 1. The number of aromatic nitrogens is 2. The van der Waals surface area contributed by atoms with Crippen LogP contribution < -0.4 is 14.4 Å². The van der Waals surface area contributed by atoms with E-state index in [0.29, 0.717) is 23.6 Å². The van der Waals surface area contributed by atoms with Crippen molar-refractivity contribution in [3.63, 3.8) is 0 Å².